The Hall–Kier alpha value is -2.22. The molecule has 0 spiro atoms. The highest BCUT2D eigenvalue weighted by molar-refractivity contribution is 5.64. The maximum atomic E-state index is 2.14. The van der Waals surface area contributed by atoms with E-state index in [2.05, 4.69) is 72.2 Å². The molecular weight excluding hydrogens is 220 g/mol. The van der Waals surface area contributed by atoms with Crippen LogP contribution in [0.25, 0.3) is 0 Å². The van der Waals surface area contributed by atoms with Gasteiger partial charge in [0, 0.05) is 23.8 Å². The molecule has 2 aromatic rings. The fourth-order valence-electron chi connectivity index (χ4n) is 2.10. The minimum atomic E-state index is 1.17. The summed E-state index contributed by atoms with van der Waals surface area (Å²) < 4.78 is 0. The number of para-hydroxylation sites is 2. The minimum absolute atomic E-state index is 1.17. The Bertz CT molecular complexity index is 560. The largest absolute Gasteiger partial charge is 0.322 e. The molecule has 2 nitrogen and oxygen atoms in total. The molecule has 1 aliphatic heterocycles. The molecule has 0 amide bonds. The van der Waals surface area contributed by atoms with Gasteiger partial charge in [-0.3, -0.25) is 0 Å². The molecule has 0 atom stereocenters. The molecule has 2 aromatic carbocycles. The second kappa shape index (κ2) is 4.57. The first kappa shape index (κ1) is 10.9. The van der Waals surface area contributed by atoms with Gasteiger partial charge in [0.1, 0.15) is 0 Å². The van der Waals surface area contributed by atoms with E-state index in [9.17, 15) is 0 Å². The van der Waals surface area contributed by atoms with Crippen molar-refractivity contribution in [2.45, 2.75) is 6.92 Å². The maximum absolute atomic E-state index is 2.14. The van der Waals surface area contributed by atoms with Crippen LogP contribution >= 0.6 is 0 Å². The van der Waals surface area contributed by atoms with Crippen LogP contribution in [0.1, 0.15) is 5.56 Å². The van der Waals surface area contributed by atoms with Gasteiger partial charge in [-0.05, 0) is 30.7 Å². The van der Waals surface area contributed by atoms with Crippen molar-refractivity contribution in [3.05, 3.63) is 79.2 Å². The summed E-state index contributed by atoms with van der Waals surface area (Å²) in [6.45, 7) is 4.22. The van der Waals surface area contributed by atoms with Crippen LogP contribution in [0, 0.1) is 13.6 Å². The van der Waals surface area contributed by atoms with Gasteiger partial charge in [0.2, 0.25) is 0 Å². The summed E-state index contributed by atoms with van der Waals surface area (Å²) in [4.78, 5) is 4.26. The van der Waals surface area contributed by atoms with E-state index >= 15 is 0 Å². The van der Waals surface area contributed by atoms with Gasteiger partial charge in [-0.25, -0.2) is 0 Å². The van der Waals surface area contributed by atoms with Crippen LogP contribution in [-0.2, 0) is 0 Å². The predicted octanol–water partition coefficient (Wildman–Crippen LogP) is 3.91. The summed E-state index contributed by atoms with van der Waals surface area (Å²) >= 11 is 0. The predicted molar refractivity (Wildman–Crippen MR) is 76.0 cm³/mol. The third kappa shape index (κ3) is 1.97. The Kier molecular flexibility index (Phi) is 2.77. The average Bonchev–Trinajstić information content (AvgIpc) is 2.90. The first-order chi connectivity index (χ1) is 8.84. The molecule has 0 saturated heterocycles. The number of rotatable bonds is 2. The molecule has 1 aliphatic rings. The summed E-state index contributed by atoms with van der Waals surface area (Å²) in [5, 5.41) is 0. The fourth-order valence-corrected chi connectivity index (χ4v) is 2.10. The number of hydrogen-bond acceptors (Lipinski definition) is 2. The lowest BCUT2D eigenvalue weighted by atomic mass is 10.2. The highest BCUT2D eigenvalue weighted by atomic mass is 15.3. The van der Waals surface area contributed by atoms with Crippen LogP contribution in [0.2, 0.25) is 0 Å². The van der Waals surface area contributed by atoms with Crippen molar-refractivity contribution in [1.82, 2.24) is 0 Å². The molecule has 18 heavy (non-hydrogen) atoms. The van der Waals surface area contributed by atoms with Crippen molar-refractivity contribution in [1.29, 1.82) is 0 Å². The Labute approximate surface area is 108 Å². The van der Waals surface area contributed by atoms with Gasteiger partial charge in [0.25, 0.3) is 0 Å². The van der Waals surface area contributed by atoms with Crippen LogP contribution in [0.5, 0.6) is 0 Å². The molecular formula is C16H15N2. The third-order valence-electron chi connectivity index (χ3n) is 3.08. The Morgan fingerprint density at radius 2 is 1.39 bits per heavy atom. The van der Waals surface area contributed by atoms with Crippen LogP contribution in [0.3, 0.4) is 0 Å². The van der Waals surface area contributed by atoms with Crippen LogP contribution < -0.4 is 9.80 Å². The molecule has 1 heterocycles. The number of hydrogen-bond donors (Lipinski definition) is 0. The maximum Gasteiger partial charge on any atom is 0.150 e. The minimum Gasteiger partial charge on any atom is -0.322 e. The van der Waals surface area contributed by atoms with Gasteiger partial charge in [-0.2, -0.15) is 0 Å². The van der Waals surface area contributed by atoms with Gasteiger partial charge in [0.05, 0.1) is 0 Å². The van der Waals surface area contributed by atoms with Gasteiger partial charge < -0.3 is 9.80 Å². The van der Waals surface area contributed by atoms with Crippen molar-refractivity contribution in [3.8, 4) is 0 Å². The summed E-state index contributed by atoms with van der Waals surface area (Å²) in [7, 11) is 0. The zero-order valence-corrected chi connectivity index (χ0v) is 10.3. The SMILES string of the molecule is Cc1ccccc1N1[CH]N(c2ccccc2)C=C1. The van der Waals surface area contributed by atoms with Gasteiger partial charge in [-0.1, -0.05) is 36.4 Å². The monoisotopic (exact) mass is 235 g/mol. The van der Waals surface area contributed by atoms with E-state index in [-0.39, 0.29) is 0 Å². The van der Waals surface area contributed by atoms with Crippen molar-refractivity contribution >= 4 is 11.4 Å². The molecule has 0 bridgehead atoms. The number of benzene rings is 2. The van der Waals surface area contributed by atoms with E-state index < -0.39 is 0 Å². The zero-order valence-electron chi connectivity index (χ0n) is 10.3. The number of aryl methyl sites for hydroxylation is 1. The zero-order chi connectivity index (χ0) is 12.4. The topological polar surface area (TPSA) is 6.48 Å². The van der Waals surface area contributed by atoms with Crippen molar-refractivity contribution in [3.63, 3.8) is 0 Å². The van der Waals surface area contributed by atoms with Gasteiger partial charge in [-0.15, -0.1) is 0 Å². The van der Waals surface area contributed by atoms with Gasteiger partial charge >= 0.3 is 0 Å². The van der Waals surface area contributed by atoms with E-state index in [1.807, 2.05) is 18.2 Å². The second-order valence-corrected chi connectivity index (χ2v) is 4.35. The quantitative estimate of drug-likeness (QED) is 0.778. The van der Waals surface area contributed by atoms with Gasteiger partial charge in [0.15, 0.2) is 6.67 Å². The van der Waals surface area contributed by atoms with Crippen LogP contribution in [-0.4, -0.2) is 0 Å². The van der Waals surface area contributed by atoms with Crippen LogP contribution in [0.15, 0.2) is 67.0 Å². The van der Waals surface area contributed by atoms with Crippen LogP contribution in [0.4, 0.5) is 11.4 Å². The molecule has 0 unspecified atom stereocenters. The molecule has 1 radical (unpaired) electrons. The number of anilines is 2. The lowest BCUT2D eigenvalue weighted by Crippen LogP contribution is -2.18. The second-order valence-electron chi connectivity index (χ2n) is 4.35. The average molecular weight is 235 g/mol. The molecule has 0 N–H and O–H groups in total. The molecule has 0 saturated carbocycles. The van der Waals surface area contributed by atoms with Crippen molar-refractivity contribution in [2.24, 2.45) is 0 Å². The highest BCUT2D eigenvalue weighted by Crippen LogP contribution is 2.28. The van der Waals surface area contributed by atoms with E-state index in [1.165, 1.54) is 16.9 Å². The molecule has 2 heteroatoms. The Balaban J connectivity index is 1.81. The van der Waals surface area contributed by atoms with Crippen molar-refractivity contribution < 1.29 is 0 Å². The Morgan fingerprint density at radius 3 is 2.17 bits per heavy atom. The summed E-state index contributed by atoms with van der Waals surface area (Å²) in [5.74, 6) is 0. The third-order valence-corrected chi connectivity index (χ3v) is 3.08. The lowest BCUT2D eigenvalue weighted by Gasteiger charge is -2.21. The van der Waals surface area contributed by atoms with E-state index in [0.29, 0.717) is 0 Å². The fraction of sp³-hybridized carbons (Fsp3) is 0.0625. The first-order valence-corrected chi connectivity index (χ1v) is 6.05. The smallest absolute Gasteiger partial charge is 0.150 e. The molecule has 3 rings (SSSR count). The number of nitrogens with zero attached hydrogens (tertiary/aromatic N) is 2. The summed E-state index contributed by atoms with van der Waals surface area (Å²) in [5.41, 5.74) is 3.66. The standard InChI is InChI=1S/C16H15N2/c1-14-7-5-6-10-16(14)18-12-11-17(13-18)15-8-3-2-4-9-15/h2-13H,1H3. The summed E-state index contributed by atoms with van der Waals surface area (Å²) in [6.07, 6.45) is 4.15. The molecule has 0 aromatic heterocycles. The Morgan fingerprint density at radius 1 is 0.722 bits per heavy atom. The molecule has 0 aliphatic carbocycles. The van der Waals surface area contributed by atoms with Crippen molar-refractivity contribution in [2.75, 3.05) is 9.80 Å². The van der Waals surface area contributed by atoms with E-state index in [4.69, 9.17) is 0 Å². The van der Waals surface area contributed by atoms with E-state index in [0.717, 1.165) is 0 Å². The molecule has 0 fully saturated rings. The lowest BCUT2D eigenvalue weighted by molar-refractivity contribution is 1.10. The highest BCUT2D eigenvalue weighted by Gasteiger charge is 2.16. The normalized spacial score (nSPS) is 14.3. The molecule has 89 valence electrons. The summed E-state index contributed by atoms with van der Waals surface area (Å²) in [6, 6.07) is 18.7. The van der Waals surface area contributed by atoms with E-state index in [1.54, 1.807) is 0 Å². The first-order valence-electron chi connectivity index (χ1n) is 6.05.